The molecule has 0 saturated carbocycles. The molecule has 24 heavy (non-hydrogen) atoms. The zero-order chi connectivity index (χ0) is 16.5. The van der Waals surface area contributed by atoms with Crippen molar-refractivity contribution >= 4 is 5.91 Å². The lowest BCUT2D eigenvalue weighted by Gasteiger charge is -2.14. The van der Waals surface area contributed by atoms with Crippen LogP contribution in [0, 0.1) is 0 Å². The van der Waals surface area contributed by atoms with Gasteiger partial charge in [-0.1, -0.05) is 24.6 Å². The first-order chi connectivity index (χ1) is 11.7. The summed E-state index contributed by atoms with van der Waals surface area (Å²) in [6, 6.07) is 10.1. The molecule has 2 aromatic rings. The third-order valence-corrected chi connectivity index (χ3v) is 5.08. The minimum Gasteiger partial charge on any atom is -0.391 e. The van der Waals surface area contributed by atoms with Crippen molar-refractivity contribution < 1.29 is 9.90 Å². The molecular weight excluding hydrogens is 302 g/mol. The normalized spacial score (nSPS) is 20.7. The van der Waals surface area contributed by atoms with Crippen LogP contribution >= 0.6 is 0 Å². The molecule has 1 atom stereocenters. The van der Waals surface area contributed by atoms with E-state index in [9.17, 15) is 9.90 Å². The molecule has 5 nitrogen and oxygen atoms in total. The summed E-state index contributed by atoms with van der Waals surface area (Å²) in [7, 11) is 0. The lowest BCUT2D eigenvalue weighted by atomic mass is 10.1. The van der Waals surface area contributed by atoms with E-state index in [4.69, 9.17) is 5.10 Å². The fourth-order valence-corrected chi connectivity index (χ4v) is 3.81. The van der Waals surface area contributed by atoms with Crippen molar-refractivity contribution in [2.75, 3.05) is 13.1 Å². The molecule has 5 heteroatoms. The predicted octanol–water partition coefficient (Wildman–Crippen LogP) is 2.35. The van der Waals surface area contributed by atoms with E-state index >= 15 is 0 Å². The number of carbonyl (C=O) groups is 1. The van der Waals surface area contributed by atoms with E-state index in [1.165, 1.54) is 12.1 Å². The molecule has 1 aliphatic heterocycles. The van der Waals surface area contributed by atoms with Crippen LogP contribution in [0.5, 0.6) is 0 Å². The Hall–Kier alpha value is -2.14. The van der Waals surface area contributed by atoms with Gasteiger partial charge in [0.25, 0.3) is 5.91 Å². The van der Waals surface area contributed by atoms with Crippen molar-refractivity contribution in [1.29, 1.82) is 0 Å². The highest BCUT2D eigenvalue weighted by molar-refractivity contribution is 5.94. The summed E-state index contributed by atoms with van der Waals surface area (Å²) in [6.45, 7) is 1.04. The van der Waals surface area contributed by atoms with E-state index in [0.717, 1.165) is 36.9 Å². The topological polar surface area (TPSA) is 58.4 Å². The number of aromatic nitrogens is 2. The maximum Gasteiger partial charge on any atom is 0.274 e. The SMILES string of the molecule is O=C(c1nn(-c2ccccc2)c2c1CCCCC2)N1CC[C@@H](O)C1. The second kappa shape index (κ2) is 6.40. The van der Waals surface area contributed by atoms with Crippen LogP contribution < -0.4 is 0 Å². The minimum absolute atomic E-state index is 0.0284. The van der Waals surface area contributed by atoms with Crippen molar-refractivity contribution in [3.8, 4) is 5.69 Å². The summed E-state index contributed by atoms with van der Waals surface area (Å²) < 4.78 is 1.96. The lowest BCUT2D eigenvalue weighted by Crippen LogP contribution is -2.30. The van der Waals surface area contributed by atoms with Crippen LogP contribution in [0.25, 0.3) is 5.69 Å². The molecule has 1 aliphatic carbocycles. The number of para-hydroxylation sites is 1. The van der Waals surface area contributed by atoms with E-state index in [0.29, 0.717) is 25.2 Å². The monoisotopic (exact) mass is 325 g/mol. The van der Waals surface area contributed by atoms with Crippen LogP contribution in [0.3, 0.4) is 0 Å². The Morgan fingerprint density at radius 2 is 1.92 bits per heavy atom. The zero-order valence-electron chi connectivity index (χ0n) is 13.8. The second-order valence-corrected chi connectivity index (χ2v) is 6.78. The first kappa shape index (κ1) is 15.4. The lowest BCUT2D eigenvalue weighted by molar-refractivity contribution is 0.0757. The number of benzene rings is 1. The summed E-state index contributed by atoms with van der Waals surface area (Å²) in [5.41, 5.74) is 3.89. The van der Waals surface area contributed by atoms with Crippen LogP contribution in [-0.2, 0) is 12.8 Å². The van der Waals surface area contributed by atoms with Gasteiger partial charge in [-0.05, 0) is 44.2 Å². The van der Waals surface area contributed by atoms with Crippen molar-refractivity contribution in [3.05, 3.63) is 47.3 Å². The molecule has 0 radical (unpaired) electrons. The summed E-state index contributed by atoms with van der Waals surface area (Å²) in [4.78, 5) is 14.7. The summed E-state index contributed by atoms with van der Waals surface area (Å²) >= 11 is 0. The van der Waals surface area contributed by atoms with Crippen LogP contribution in [0.15, 0.2) is 30.3 Å². The molecule has 4 rings (SSSR count). The van der Waals surface area contributed by atoms with Crippen LogP contribution in [-0.4, -0.2) is 44.9 Å². The molecule has 0 unspecified atom stereocenters. The third-order valence-electron chi connectivity index (χ3n) is 5.08. The number of rotatable bonds is 2. The molecule has 1 N–H and O–H groups in total. The van der Waals surface area contributed by atoms with E-state index in [1.807, 2.05) is 35.0 Å². The maximum absolute atomic E-state index is 13.0. The van der Waals surface area contributed by atoms with Crippen molar-refractivity contribution in [2.45, 2.75) is 44.6 Å². The molecule has 1 fully saturated rings. The van der Waals surface area contributed by atoms with Gasteiger partial charge in [0.05, 0.1) is 11.8 Å². The molecule has 1 aromatic heterocycles. The molecule has 2 heterocycles. The van der Waals surface area contributed by atoms with Gasteiger partial charge in [-0.3, -0.25) is 4.79 Å². The van der Waals surface area contributed by atoms with Gasteiger partial charge in [-0.2, -0.15) is 5.10 Å². The number of carbonyl (C=O) groups excluding carboxylic acids is 1. The van der Waals surface area contributed by atoms with Gasteiger partial charge in [0.2, 0.25) is 0 Å². The molecule has 1 amide bonds. The van der Waals surface area contributed by atoms with Gasteiger partial charge in [-0.25, -0.2) is 4.68 Å². The van der Waals surface area contributed by atoms with Gasteiger partial charge in [0, 0.05) is 24.3 Å². The van der Waals surface area contributed by atoms with Crippen molar-refractivity contribution in [2.24, 2.45) is 0 Å². The molecular formula is C19H23N3O2. The quantitative estimate of drug-likeness (QED) is 0.862. The number of nitrogens with zero attached hydrogens (tertiary/aromatic N) is 3. The molecule has 1 aromatic carbocycles. The number of aliphatic hydroxyl groups is 1. The fourth-order valence-electron chi connectivity index (χ4n) is 3.81. The summed E-state index contributed by atoms with van der Waals surface area (Å²) in [6.07, 6.45) is 5.58. The number of hydrogen-bond acceptors (Lipinski definition) is 3. The number of hydrogen-bond donors (Lipinski definition) is 1. The first-order valence-corrected chi connectivity index (χ1v) is 8.87. The minimum atomic E-state index is -0.399. The largest absolute Gasteiger partial charge is 0.391 e. The maximum atomic E-state index is 13.0. The van der Waals surface area contributed by atoms with E-state index < -0.39 is 6.10 Å². The Morgan fingerprint density at radius 1 is 1.12 bits per heavy atom. The van der Waals surface area contributed by atoms with Gasteiger partial charge in [0.15, 0.2) is 5.69 Å². The van der Waals surface area contributed by atoms with Gasteiger partial charge in [0.1, 0.15) is 0 Å². The van der Waals surface area contributed by atoms with Gasteiger partial charge in [-0.15, -0.1) is 0 Å². The first-order valence-electron chi connectivity index (χ1n) is 8.87. The number of aliphatic hydroxyl groups excluding tert-OH is 1. The van der Waals surface area contributed by atoms with E-state index in [-0.39, 0.29) is 5.91 Å². The Kier molecular flexibility index (Phi) is 4.10. The van der Waals surface area contributed by atoms with Gasteiger partial charge >= 0.3 is 0 Å². The Bertz CT molecular complexity index is 739. The molecule has 0 spiro atoms. The summed E-state index contributed by atoms with van der Waals surface area (Å²) in [5.74, 6) is -0.0284. The highest BCUT2D eigenvalue weighted by Crippen LogP contribution is 2.27. The van der Waals surface area contributed by atoms with Crippen molar-refractivity contribution in [1.82, 2.24) is 14.7 Å². The molecule has 0 bridgehead atoms. The van der Waals surface area contributed by atoms with Crippen molar-refractivity contribution in [3.63, 3.8) is 0 Å². The number of fused-ring (bicyclic) bond motifs is 1. The third kappa shape index (κ3) is 2.73. The highest BCUT2D eigenvalue weighted by atomic mass is 16.3. The molecule has 1 saturated heterocycles. The second-order valence-electron chi connectivity index (χ2n) is 6.78. The smallest absolute Gasteiger partial charge is 0.274 e. The summed E-state index contributed by atoms with van der Waals surface area (Å²) in [5, 5.41) is 14.5. The predicted molar refractivity (Wildman–Crippen MR) is 91.4 cm³/mol. The van der Waals surface area contributed by atoms with Crippen LogP contribution in [0.4, 0.5) is 0 Å². The fraction of sp³-hybridized carbons (Fsp3) is 0.474. The molecule has 126 valence electrons. The average molecular weight is 325 g/mol. The Balaban J connectivity index is 1.77. The molecule has 2 aliphatic rings. The average Bonchev–Trinajstić information content (AvgIpc) is 3.11. The number of likely N-dealkylation sites (tertiary alicyclic amines) is 1. The van der Waals surface area contributed by atoms with E-state index in [1.54, 1.807) is 4.90 Å². The van der Waals surface area contributed by atoms with Crippen LogP contribution in [0.2, 0.25) is 0 Å². The highest BCUT2D eigenvalue weighted by Gasteiger charge is 2.31. The van der Waals surface area contributed by atoms with Crippen LogP contribution in [0.1, 0.15) is 47.4 Å². The van der Waals surface area contributed by atoms with E-state index in [2.05, 4.69) is 0 Å². The zero-order valence-corrected chi connectivity index (χ0v) is 13.8. The Morgan fingerprint density at radius 3 is 2.67 bits per heavy atom. The standard InChI is InChI=1S/C19H23N3O2/c23-15-11-12-21(13-15)19(24)18-16-9-5-2-6-10-17(16)22(20-18)14-7-3-1-4-8-14/h1,3-4,7-8,15,23H,2,5-6,9-13H2/t15-/m1/s1. The Labute approximate surface area is 141 Å². The number of amides is 1. The number of β-amino-alcohol motifs (C(OH)–C–C–N with tert-alkyl or cyclic N) is 1. The van der Waals surface area contributed by atoms with Gasteiger partial charge < -0.3 is 10.0 Å².